The van der Waals surface area contributed by atoms with Gasteiger partial charge in [-0.15, -0.1) is 0 Å². The molecule has 70 valence electrons. The second kappa shape index (κ2) is 4.48. The fourth-order valence-corrected chi connectivity index (χ4v) is 1.84. The number of carbonyl (C=O) groups is 1. The summed E-state index contributed by atoms with van der Waals surface area (Å²) in [6, 6.07) is 0. The van der Waals surface area contributed by atoms with Crippen molar-refractivity contribution in [2.45, 2.75) is 39.5 Å². The number of nitrogens with one attached hydrogen (secondary N) is 1. The first-order chi connectivity index (χ1) is 5.74. The molecule has 1 aliphatic rings. The highest BCUT2D eigenvalue weighted by Crippen LogP contribution is 2.28. The average molecular weight is 169 g/mol. The SMILES string of the molecule is CCNC(=O)[C@H]1CC[C@H](C)CC1. The summed E-state index contributed by atoms with van der Waals surface area (Å²) in [5, 5.41) is 2.89. The summed E-state index contributed by atoms with van der Waals surface area (Å²) in [5.74, 6) is 1.40. The van der Waals surface area contributed by atoms with Crippen molar-refractivity contribution >= 4 is 5.91 Å². The summed E-state index contributed by atoms with van der Waals surface area (Å²) >= 11 is 0. The Bertz CT molecular complexity index is 148. The van der Waals surface area contributed by atoms with Gasteiger partial charge in [-0.25, -0.2) is 0 Å². The molecule has 0 unspecified atom stereocenters. The van der Waals surface area contributed by atoms with E-state index in [1.54, 1.807) is 0 Å². The van der Waals surface area contributed by atoms with Crippen LogP contribution >= 0.6 is 0 Å². The van der Waals surface area contributed by atoms with Crippen LogP contribution in [0.5, 0.6) is 0 Å². The van der Waals surface area contributed by atoms with Gasteiger partial charge in [-0.3, -0.25) is 4.79 Å². The maximum atomic E-state index is 11.4. The zero-order valence-electron chi connectivity index (χ0n) is 8.10. The van der Waals surface area contributed by atoms with Crippen LogP contribution in [0.25, 0.3) is 0 Å². The Hall–Kier alpha value is -0.530. The highest BCUT2D eigenvalue weighted by Gasteiger charge is 2.23. The minimum atomic E-state index is 0.268. The van der Waals surface area contributed by atoms with Crippen LogP contribution in [0.2, 0.25) is 0 Å². The zero-order chi connectivity index (χ0) is 8.97. The van der Waals surface area contributed by atoms with Crippen molar-refractivity contribution in [3.63, 3.8) is 0 Å². The van der Waals surface area contributed by atoms with E-state index in [9.17, 15) is 4.79 Å². The second-order valence-corrected chi connectivity index (χ2v) is 3.85. The molecule has 0 aromatic carbocycles. The number of amides is 1. The van der Waals surface area contributed by atoms with Gasteiger partial charge < -0.3 is 5.32 Å². The predicted octanol–water partition coefficient (Wildman–Crippen LogP) is 1.95. The zero-order valence-corrected chi connectivity index (χ0v) is 8.10. The molecule has 1 rings (SSSR count). The van der Waals surface area contributed by atoms with Crippen molar-refractivity contribution < 1.29 is 4.79 Å². The van der Waals surface area contributed by atoms with Crippen LogP contribution in [-0.2, 0) is 4.79 Å². The highest BCUT2D eigenvalue weighted by molar-refractivity contribution is 5.78. The molecule has 0 atom stereocenters. The van der Waals surface area contributed by atoms with Crippen molar-refractivity contribution in [3.8, 4) is 0 Å². The smallest absolute Gasteiger partial charge is 0.223 e. The van der Waals surface area contributed by atoms with Crippen LogP contribution in [0.3, 0.4) is 0 Å². The lowest BCUT2D eigenvalue weighted by molar-refractivity contribution is -0.126. The van der Waals surface area contributed by atoms with Crippen molar-refractivity contribution in [2.24, 2.45) is 11.8 Å². The molecule has 0 spiro atoms. The van der Waals surface area contributed by atoms with Gasteiger partial charge >= 0.3 is 0 Å². The van der Waals surface area contributed by atoms with E-state index >= 15 is 0 Å². The number of hydrogen-bond donors (Lipinski definition) is 1. The third kappa shape index (κ3) is 2.50. The molecule has 1 fully saturated rings. The topological polar surface area (TPSA) is 29.1 Å². The maximum Gasteiger partial charge on any atom is 0.223 e. The molecule has 0 heterocycles. The lowest BCUT2D eigenvalue weighted by atomic mass is 9.82. The molecular weight excluding hydrogens is 150 g/mol. The molecule has 2 heteroatoms. The van der Waals surface area contributed by atoms with E-state index in [1.807, 2.05) is 6.92 Å². The molecule has 1 aliphatic carbocycles. The Labute approximate surface area is 74.7 Å². The monoisotopic (exact) mass is 169 g/mol. The van der Waals surface area contributed by atoms with Crippen LogP contribution in [0, 0.1) is 11.8 Å². The van der Waals surface area contributed by atoms with Crippen molar-refractivity contribution in [1.29, 1.82) is 0 Å². The van der Waals surface area contributed by atoms with E-state index in [0.29, 0.717) is 5.92 Å². The quantitative estimate of drug-likeness (QED) is 0.672. The third-order valence-electron chi connectivity index (χ3n) is 2.74. The van der Waals surface area contributed by atoms with Crippen LogP contribution < -0.4 is 5.32 Å². The lowest BCUT2D eigenvalue weighted by Crippen LogP contribution is -2.32. The van der Waals surface area contributed by atoms with E-state index in [2.05, 4.69) is 12.2 Å². The summed E-state index contributed by atoms with van der Waals surface area (Å²) in [4.78, 5) is 11.4. The number of hydrogen-bond acceptors (Lipinski definition) is 1. The molecule has 0 bridgehead atoms. The summed E-state index contributed by atoms with van der Waals surface area (Å²) < 4.78 is 0. The Morgan fingerprint density at radius 2 is 1.92 bits per heavy atom. The van der Waals surface area contributed by atoms with Gasteiger partial charge in [-0.2, -0.15) is 0 Å². The van der Waals surface area contributed by atoms with Crippen LogP contribution in [0.15, 0.2) is 0 Å². The van der Waals surface area contributed by atoms with Gasteiger partial charge in [0.05, 0.1) is 0 Å². The van der Waals surface area contributed by atoms with Crippen LogP contribution in [-0.4, -0.2) is 12.5 Å². The maximum absolute atomic E-state index is 11.4. The summed E-state index contributed by atoms with van der Waals surface area (Å²) in [7, 11) is 0. The van der Waals surface area contributed by atoms with Gasteiger partial charge in [0.25, 0.3) is 0 Å². The summed E-state index contributed by atoms with van der Waals surface area (Å²) in [6.07, 6.45) is 4.63. The standard InChI is InChI=1S/C10H19NO/c1-3-11-10(12)9-6-4-8(2)5-7-9/h8-9H,3-7H2,1-2H3,(H,11,12)/t8-,9-. The molecule has 0 radical (unpaired) electrons. The van der Waals surface area contributed by atoms with Gasteiger partial charge in [0.1, 0.15) is 0 Å². The van der Waals surface area contributed by atoms with Gasteiger partial charge in [0.2, 0.25) is 5.91 Å². The fraction of sp³-hybridized carbons (Fsp3) is 0.900. The van der Waals surface area contributed by atoms with Crippen molar-refractivity contribution in [1.82, 2.24) is 5.32 Å². The Morgan fingerprint density at radius 1 is 1.33 bits per heavy atom. The van der Waals surface area contributed by atoms with Crippen LogP contribution in [0.4, 0.5) is 0 Å². The Kier molecular flexibility index (Phi) is 3.57. The van der Waals surface area contributed by atoms with Crippen molar-refractivity contribution in [3.05, 3.63) is 0 Å². The Balaban J connectivity index is 2.29. The predicted molar refractivity (Wildman–Crippen MR) is 49.8 cm³/mol. The average Bonchev–Trinajstić information content (AvgIpc) is 2.06. The minimum Gasteiger partial charge on any atom is -0.356 e. The molecule has 0 aromatic rings. The molecular formula is C10H19NO. The first-order valence-corrected chi connectivity index (χ1v) is 5.01. The molecule has 12 heavy (non-hydrogen) atoms. The van der Waals surface area contributed by atoms with Gasteiger partial charge in [0, 0.05) is 12.5 Å². The molecule has 1 saturated carbocycles. The van der Waals surface area contributed by atoms with E-state index in [4.69, 9.17) is 0 Å². The first kappa shape index (κ1) is 9.56. The van der Waals surface area contributed by atoms with Gasteiger partial charge in [-0.1, -0.05) is 6.92 Å². The highest BCUT2D eigenvalue weighted by atomic mass is 16.1. The van der Waals surface area contributed by atoms with E-state index in [-0.39, 0.29) is 5.91 Å². The number of rotatable bonds is 2. The third-order valence-corrected chi connectivity index (χ3v) is 2.74. The normalized spacial score (nSPS) is 29.8. The lowest BCUT2D eigenvalue weighted by Gasteiger charge is -2.24. The molecule has 0 saturated heterocycles. The summed E-state index contributed by atoms with van der Waals surface area (Å²) in [5.41, 5.74) is 0. The van der Waals surface area contributed by atoms with Crippen molar-refractivity contribution in [2.75, 3.05) is 6.54 Å². The minimum absolute atomic E-state index is 0.268. The largest absolute Gasteiger partial charge is 0.356 e. The van der Waals surface area contributed by atoms with Crippen LogP contribution in [0.1, 0.15) is 39.5 Å². The molecule has 0 aromatic heterocycles. The number of carbonyl (C=O) groups excluding carboxylic acids is 1. The molecule has 2 nitrogen and oxygen atoms in total. The molecule has 1 N–H and O–H groups in total. The van der Waals surface area contributed by atoms with E-state index in [1.165, 1.54) is 12.8 Å². The second-order valence-electron chi connectivity index (χ2n) is 3.85. The van der Waals surface area contributed by atoms with Gasteiger partial charge in [0.15, 0.2) is 0 Å². The molecule has 1 amide bonds. The summed E-state index contributed by atoms with van der Waals surface area (Å²) in [6.45, 7) is 5.02. The van der Waals surface area contributed by atoms with Gasteiger partial charge in [-0.05, 0) is 38.5 Å². The van der Waals surface area contributed by atoms with E-state index in [0.717, 1.165) is 25.3 Å². The van der Waals surface area contributed by atoms with E-state index < -0.39 is 0 Å². The first-order valence-electron chi connectivity index (χ1n) is 5.01. The Morgan fingerprint density at radius 3 is 2.42 bits per heavy atom. The fourth-order valence-electron chi connectivity index (χ4n) is 1.84. The molecule has 0 aliphatic heterocycles.